The van der Waals surface area contributed by atoms with Crippen LogP contribution in [0.3, 0.4) is 0 Å². The van der Waals surface area contributed by atoms with Crippen LogP contribution in [0.5, 0.6) is 0 Å². The molecule has 1 aliphatic heterocycles. The summed E-state index contributed by atoms with van der Waals surface area (Å²) in [7, 11) is -3.31. The molecule has 1 aromatic rings. The summed E-state index contributed by atoms with van der Waals surface area (Å²) in [6, 6.07) is 6.78. The molecule has 0 aromatic heterocycles. The highest BCUT2D eigenvalue weighted by atomic mass is 32.2. The van der Waals surface area contributed by atoms with Gasteiger partial charge in [0.1, 0.15) is 5.66 Å². The maximum atomic E-state index is 12.3. The summed E-state index contributed by atoms with van der Waals surface area (Å²) in [6.07, 6.45) is 4.93. The van der Waals surface area contributed by atoms with E-state index in [1.807, 2.05) is 4.90 Å². The average molecular weight is 363 g/mol. The highest BCUT2D eigenvalue weighted by Gasteiger charge is 2.42. The molecule has 0 bridgehead atoms. The molecule has 1 aromatic carbocycles. The van der Waals surface area contributed by atoms with E-state index in [1.165, 1.54) is 0 Å². The van der Waals surface area contributed by atoms with Gasteiger partial charge in [0.2, 0.25) is 11.9 Å². The second kappa shape index (κ2) is 6.33. The maximum Gasteiger partial charge on any atom is 0.220 e. The lowest BCUT2D eigenvalue weighted by atomic mass is 9.87. The molecule has 1 spiro atoms. The van der Waals surface area contributed by atoms with Crippen LogP contribution in [0.4, 0.5) is 5.69 Å². The second-order valence-electron chi connectivity index (χ2n) is 6.91. The van der Waals surface area contributed by atoms with Crippen molar-refractivity contribution < 1.29 is 8.42 Å². The van der Waals surface area contributed by atoms with Crippen molar-refractivity contribution in [2.75, 3.05) is 4.90 Å². The molecule has 0 atom stereocenters. The first-order valence-electron chi connectivity index (χ1n) is 8.60. The molecule has 1 aliphatic carbocycles. The van der Waals surface area contributed by atoms with Crippen LogP contribution in [-0.2, 0) is 9.84 Å². The Morgan fingerprint density at radius 3 is 2.24 bits per heavy atom. The third-order valence-corrected chi connectivity index (χ3v) is 7.07. The van der Waals surface area contributed by atoms with E-state index in [2.05, 4.69) is 9.98 Å². The van der Waals surface area contributed by atoms with E-state index >= 15 is 0 Å². The Morgan fingerprint density at radius 1 is 1.08 bits per heavy atom. The summed E-state index contributed by atoms with van der Waals surface area (Å²) in [5, 5.41) is -0.464. The first-order valence-corrected chi connectivity index (χ1v) is 10.1. The number of hydrogen-bond donors (Lipinski definition) is 2. The highest BCUT2D eigenvalue weighted by Crippen LogP contribution is 2.39. The van der Waals surface area contributed by atoms with E-state index in [9.17, 15) is 8.42 Å². The zero-order chi connectivity index (χ0) is 18.2. The molecule has 0 amide bonds. The van der Waals surface area contributed by atoms with Crippen LogP contribution < -0.4 is 16.4 Å². The number of nitrogens with two attached hydrogens (primary N) is 2. The topological polar surface area (TPSA) is 114 Å². The highest BCUT2D eigenvalue weighted by molar-refractivity contribution is 7.92. The summed E-state index contributed by atoms with van der Waals surface area (Å²) in [6.45, 7) is 3.35. The SMILES string of the molecule is CC(C)S(=O)(=O)c1ccc(N2C(N)=NC(N)=NC23CCCCC3)cc1. The van der Waals surface area contributed by atoms with E-state index in [4.69, 9.17) is 11.5 Å². The molecular weight excluding hydrogens is 338 g/mol. The summed E-state index contributed by atoms with van der Waals surface area (Å²) in [5.74, 6) is 0.503. The Hall–Kier alpha value is -2.09. The van der Waals surface area contributed by atoms with Gasteiger partial charge in [0.15, 0.2) is 9.84 Å². The lowest BCUT2D eigenvalue weighted by Gasteiger charge is -2.45. The van der Waals surface area contributed by atoms with Gasteiger partial charge in [-0.05, 0) is 63.8 Å². The molecule has 8 heteroatoms. The predicted octanol–water partition coefficient (Wildman–Crippen LogP) is 1.98. The van der Waals surface area contributed by atoms with Gasteiger partial charge in [-0.25, -0.2) is 13.4 Å². The number of aliphatic imine (C=N–C) groups is 2. The quantitative estimate of drug-likeness (QED) is 0.852. The zero-order valence-electron chi connectivity index (χ0n) is 14.6. The van der Waals surface area contributed by atoms with E-state index < -0.39 is 20.8 Å². The summed E-state index contributed by atoms with van der Waals surface area (Å²) in [4.78, 5) is 10.9. The minimum atomic E-state index is -3.31. The standard InChI is InChI=1S/C17H25N5O2S/c1-12(2)25(23,24)14-8-6-13(7-9-14)22-16(19)20-15(18)21-17(22)10-4-3-5-11-17/h6-9,12H,3-5,10-11H2,1-2H3,(H4,18,19,20,21). The van der Waals surface area contributed by atoms with Crippen molar-refractivity contribution in [3.63, 3.8) is 0 Å². The molecule has 3 rings (SSSR count). The van der Waals surface area contributed by atoms with Crippen LogP contribution in [0.1, 0.15) is 46.0 Å². The number of guanidine groups is 2. The number of anilines is 1. The van der Waals surface area contributed by atoms with Gasteiger partial charge < -0.3 is 11.5 Å². The molecule has 1 saturated carbocycles. The third kappa shape index (κ3) is 3.10. The smallest absolute Gasteiger partial charge is 0.220 e. The van der Waals surface area contributed by atoms with E-state index in [0.717, 1.165) is 37.8 Å². The van der Waals surface area contributed by atoms with Crippen LogP contribution in [0.15, 0.2) is 39.1 Å². The van der Waals surface area contributed by atoms with Crippen molar-refractivity contribution in [3.05, 3.63) is 24.3 Å². The first-order chi connectivity index (χ1) is 11.8. The Morgan fingerprint density at radius 2 is 1.68 bits per heavy atom. The number of hydrogen-bond acceptors (Lipinski definition) is 7. The van der Waals surface area contributed by atoms with E-state index in [0.29, 0.717) is 10.9 Å². The molecule has 1 heterocycles. The van der Waals surface area contributed by atoms with Crippen molar-refractivity contribution in [3.8, 4) is 0 Å². The molecule has 136 valence electrons. The van der Waals surface area contributed by atoms with Gasteiger partial charge in [-0.15, -0.1) is 0 Å². The van der Waals surface area contributed by atoms with Crippen molar-refractivity contribution in [1.29, 1.82) is 0 Å². The number of sulfone groups is 1. The fourth-order valence-corrected chi connectivity index (χ4v) is 4.61. The Balaban J connectivity index is 2.00. The Bertz CT molecular complexity index is 806. The van der Waals surface area contributed by atoms with Crippen molar-refractivity contribution in [2.24, 2.45) is 21.5 Å². The van der Waals surface area contributed by atoms with Gasteiger partial charge in [0.05, 0.1) is 10.1 Å². The number of benzene rings is 1. The van der Waals surface area contributed by atoms with Gasteiger partial charge in [-0.2, -0.15) is 4.99 Å². The minimum Gasteiger partial charge on any atom is -0.369 e. The van der Waals surface area contributed by atoms with Crippen molar-refractivity contribution in [1.82, 2.24) is 0 Å². The van der Waals surface area contributed by atoms with Crippen LogP contribution in [-0.4, -0.2) is 31.2 Å². The molecule has 7 nitrogen and oxygen atoms in total. The lowest BCUT2D eigenvalue weighted by Crippen LogP contribution is -2.58. The van der Waals surface area contributed by atoms with E-state index in [1.54, 1.807) is 38.1 Å². The third-order valence-electron chi connectivity index (χ3n) is 4.90. The average Bonchev–Trinajstić information content (AvgIpc) is 2.55. The second-order valence-corrected chi connectivity index (χ2v) is 9.41. The summed E-state index contributed by atoms with van der Waals surface area (Å²) >= 11 is 0. The monoisotopic (exact) mass is 363 g/mol. The largest absolute Gasteiger partial charge is 0.369 e. The molecule has 0 saturated heterocycles. The van der Waals surface area contributed by atoms with Gasteiger partial charge in [-0.3, -0.25) is 4.90 Å². The number of rotatable bonds is 3. The minimum absolute atomic E-state index is 0.203. The molecule has 0 unspecified atom stereocenters. The van der Waals surface area contributed by atoms with Gasteiger partial charge in [-0.1, -0.05) is 6.42 Å². The Kier molecular flexibility index (Phi) is 4.49. The lowest BCUT2D eigenvalue weighted by molar-refractivity contribution is 0.305. The van der Waals surface area contributed by atoms with Crippen LogP contribution in [0, 0.1) is 0 Å². The zero-order valence-corrected chi connectivity index (χ0v) is 15.5. The molecular formula is C17H25N5O2S. The van der Waals surface area contributed by atoms with Gasteiger partial charge >= 0.3 is 0 Å². The predicted molar refractivity (Wildman–Crippen MR) is 100 cm³/mol. The first kappa shape index (κ1) is 17.7. The maximum absolute atomic E-state index is 12.3. The number of nitrogens with zero attached hydrogens (tertiary/aromatic N) is 3. The molecule has 2 aliphatic rings. The molecule has 4 N–H and O–H groups in total. The molecule has 0 radical (unpaired) electrons. The molecule has 1 fully saturated rings. The van der Waals surface area contributed by atoms with Gasteiger partial charge in [0, 0.05) is 5.69 Å². The summed E-state index contributed by atoms with van der Waals surface area (Å²) < 4.78 is 24.6. The molecule has 25 heavy (non-hydrogen) atoms. The summed E-state index contributed by atoms with van der Waals surface area (Å²) in [5.41, 5.74) is 12.3. The van der Waals surface area contributed by atoms with Gasteiger partial charge in [0.25, 0.3) is 0 Å². The fraction of sp³-hybridized carbons (Fsp3) is 0.529. The van der Waals surface area contributed by atoms with E-state index in [-0.39, 0.29) is 5.96 Å². The Labute approximate surface area is 148 Å². The van der Waals surface area contributed by atoms with Crippen LogP contribution >= 0.6 is 0 Å². The fourth-order valence-electron chi connectivity index (χ4n) is 3.55. The normalized spacial score (nSPS) is 20.5. The van der Waals surface area contributed by atoms with Crippen molar-refractivity contribution in [2.45, 2.75) is 61.8 Å². The van der Waals surface area contributed by atoms with Crippen LogP contribution in [0.2, 0.25) is 0 Å². The van der Waals surface area contributed by atoms with Crippen LogP contribution in [0.25, 0.3) is 0 Å². The van der Waals surface area contributed by atoms with Crippen molar-refractivity contribution >= 4 is 27.4 Å².